The molecule has 1 aliphatic carbocycles. The van der Waals surface area contributed by atoms with Crippen molar-refractivity contribution >= 4 is 0 Å². The van der Waals surface area contributed by atoms with E-state index < -0.39 is 0 Å². The summed E-state index contributed by atoms with van der Waals surface area (Å²) in [5.41, 5.74) is 4.36. The van der Waals surface area contributed by atoms with Crippen LogP contribution in [0.25, 0.3) is 0 Å². The molecule has 22 heavy (non-hydrogen) atoms. The molecule has 118 valence electrons. The Hall–Kier alpha value is -1.34. The van der Waals surface area contributed by atoms with Crippen molar-refractivity contribution in [2.45, 2.75) is 46.1 Å². The molecule has 0 aromatic heterocycles. The molecular weight excluding hydrogens is 268 g/mol. The zero-order valence-electron chi connectivity index (χ0n) is 14.1. The van der Waals surface area contributed by atoms with E-state index in [1.807, 2.05) is 0 Å². The minimum Gasteiger partial charge on any atom is -0.373 e. The quantitative estimate of drug-likeness (QED) is 0.650. The molecule has 1 aromatic rings. The predicted octanol–water partition coefficient (Wildman–Crippen LogP) is 5.70. The zero-order chi connectivity index (χ0) is 15.5. The van der Waals surface area contributed by atoms with Crippen LogP contribution in [0.3, 0.4) is 0 Å². The van der Waals surface area contributed by atoms with Gasteiger partial charge >= 0.3 is 0 Å². The Balaban J connectivity index is 1.84. The van der Waals surface area contributed by atoms with Crippen molar-refractivity contribution < 1.29 is 4.74 Å². The number of ether oxygens (including phenoxy) is 1. The lowest BCUT2D eigenvalue weighted by molar-refractivity contribution is -0.0746. The third-order valence-electron chi connectivity index (χ3n) is 5.28. The van der Waals surface area contributed by atoms with Gasteiger partial charge in [-0.05, 0) is 50.5 Å². The number of rotatable bonds is 3. The first-order valence-corrected chi connectivity index (χ1v) is 8.64. The second-order valence-electron chi connectivity index (χ2n) is 7.24. The van der Waals surface area contributed by atoms with Crippen LogP contribution in [-0.2, 0) is 4.74 Å². The number of fused-ring (bicyclic) bond motifs is 2. The van der Waals surface area contributed by atoms with Crippen molar-refractivity contribution in [2.24, 2.45) is 17.8 Å². The van der Waals surface area contributed by atoms with Gasteiger partial charge in [0.05, 0.1) is 12.7 Å². The van der Waals surface area contributed by atoms with E-state index in [4.69, 9.17) is 4.74 Å². The minimum atomic E-state index is 0.253. The van der Waals surface area contributed by atoms with Gasteiger partial charge < -0.3 is 4.74 Å². The normalized spacial score (nSPS) is 32.8. The van der Waals surface area contributed by atoms with Gasteiger partial charge in [0.15, 0.2) is 0 Å². The van der Waals surface area contributed by atoms with Gasteiger partial charge in [0, 0.05) is 5.92 Å². The fourth-order valence-electron chi connectivity index (χ4n) is 3.95. The second-order valence-corrected chi connectivity index (χ2v) is 7.24. The lowest BCUT2D eigenvalue weighted by Crippen LogP contribution is -2.38. The number of hydrogen-bond donors (Lipinski definition) is 0. The number of hydrogen-bond acceptors (Lipinski definition) is 1. The van der Waals surface area contributed by atoms with Crippen LogP contribution in [0.1, 0.15) is 51.7 Å². The van der Waals surface area contributed by atoms with E-state index in [1.54, 1.807) is 5.57 Å². The first kappa shape index (κ1) is 15.6. The monoisotopic (exact) mass is 296 g/mol. The molecule has 0 unspecified atom stereocenters. The van der Waals surface area contributed by atoms with E-state index in [0.717, 1.165) is 24.9 Å². The molecule has 1 heteroatoms. The van der Waals surface area contributed by atoms with E-state index in [0.29, 0.717) is 5.92 Å². The van der Waals surface area contributed by atoms with Gasteiger partial charge in [0.25, 0.3) is 0 Å². The first-order valence-electron chi connectivity index (χ1n) is 8.64. The Morgan fingerprint density at radius 3 is 2.73 bits per heavy atom. The summed E-state index contributed by atoms with van der Waals surface area (Å²) < 4.78 is 6.30. The SMILES string of the molecule is CC(C)=CCC=C1C[C@H](C)[C@H]2CO[C@@H](c3ccccc3)[C@H]1C2. The van der Waals surface area contributed by atoms with E-state index in [-0.39, 0.29) is 6.10 Å². The summed E-state index contributed by atoms with van der Waals surface area (Å²) in [7, 11) is 0. The van der Waals surface area contributed by atoms with Gasteiger partial charge in [-0.1, -0.05) is 60.6 Å². The summed E-state index contributed by atoms with van der Waals surface area (Å²) >= 11 is 0. The lowest BCUT2D eigenvalue weighted by Gasteiger charge is -2.45. The van der Waals surface area contributed by atoms with E-state index >= 15 is 0 Å². The Kier molecular flexibility index (Phi) is 4.83. The van der Waals surface area contributed by atoms with Crippen LogP contribution in [0, 0.1) is 17.8 Å². The summed E-state index contributed by atoms with van der Waals surface area (Å²) in [6, 6.07) is 10.8. The Morgan fingerprint density at radius 1 is 1.23 bits per heavy atom. The Labute approximate surface area is 135 Å². The van der Waals surface area contributed by atoms with Crippen LogP contribution in [0.15, 0.2) is 53.6 Å². The van der Waals surface area contributed by atoms with Crippen molar-refractivity contribution in [3.05, 3.63) is 59.2 Å². The van der Waals surface area contributed by atoms with Gasteiger partial charge in [-0.3, -0.25) is 0 Å². The average Bonchev–Trinajstić information content (AvgIpc) is 2.53. The van der Waals surface area contributed by atoms with Crippen molar-refractivity contribution in [1.29, 1.82) is 0 Å². The van der Waals surface area contributed by atoms with Crippen LogP contribution in [0.4, 0.5) is 0 Å². The Bertz CT molecular complexity index is 551. The molecule has 1 aromatic carbocycles. The molecule has 2 aliphatic rings. The molecule has 3 rings (SSSR count). The summed E-state index contributed by atoms with van der Waals surface area (Å²) in [4.78, 5) is 0. The van der Waals surface area contributed by atoms with Gasteiger partial charge in [0.2, 0.25) is 0 Å². The maximum absolute atomic E-state index is 6.30. The molecule has 2 bridgehead atoms. The molecule has 1 aliphatic heterocycles. The topological polar surface area (TPSA) is 9.23 Å². The standard InChI is InChI=1S/C21H28O/c1-15(2)8-7-11-18-12-16(3)19-13-20(18)21(22-14-19)17-9-5-4-6-10-17/h4-6,8-11,16,19-21H,7,12-14H2,1-3H3/t16-,19+,20-,21-/m0/s1. The van der Waals surface area contributed by atoms with Crippen molar-refractivity contribution in [1.82, 2.24) is 0 Å². The Morgan fingerprint density at radius 2 is 2.00 bits per heavy atom. The van der Waals surface area contributed by atoms with Crippen LogP contribution in [0.2, 0.25) is 0 Å². The summed E-state index contributed by atoms with van der Waals surface area (Å²) in [6.07, 6.45) is 8.65. The largest absolute Gasteiger partial charge is 0.373 e. The highest BCUT2D eigenvalue weighted by Crippen LogP contribution is 2.48. The smallest absolute Gasteiger partial charge is 0.0890 e. The van der Waals surface area contributed by atoms with Crippen molar-refractivity contribution in [3.63, 3.8) is 0 Å². The third kappa shape index (κ3) is 3.35. The predicted molar refractivity (Wildman–Crippen MR) is 92.6 cm³/mol. The van der Waals surface area contributed by atoms with Crippen molar-refractivity contribution in [3.8, 4) is 0 Å². The average molecular weight is 296 g/mol. The van der Waals surface area contributed by atoms with Crippen LogP contribution >= 0.6 is 0 Å². The van der Waals surface area contributed by atoms with Gasteiger partial charge in [0.1, 0.15) is 0 Å². The molecule has 1 heterocycles. The van der Waals surface area contributed by atoms with Gasteiger partial charge in [-0.2, -0.15) is 0 Å². The van der Waals surface area contributed by atoms with E-state index in [1.165, 1.54) is 24.0 Å². The highest BCUT2D eigenvalue weighted by atomic mass is 16.5. The fraction of sp³-hybridized carbons (Fsp3) is 0.524. The molecule has 1 saturated heterocycles. The molecule has 0 amide bonds. The summed E-state index contributed by atoms with van der Waals surface area (Å²) in [6.45, 7) is 7.67. The van der Waals surface area contributed by atoms with Crippen LogP contribution in [-0.4, -0.2) is 6.61 Å². The van der Waals surface area contributed by atoms with E-state index in [9.17, 15) is 0 Å². The minimum absolute atomic E-state index is 0.253. The van der Waals surface area contributed by atoms with Gasteiger partial charge in [-0.25, -0.2) is 0 Å². The van der Waals surface area contributed by atoms with E-state index in [2.05, 4.69) is 63.3 Å². The highest BCUT2D eigenvalue weighted by molar-refractivity contribution is 5.25. The summed E-state index contributed by atoms with van der Waals surface area (Å²) in [5, 5.41) is 0. The van der Waals surface area contributed by atoms with Crippen LogP contribution in [0.5, 0.6) is 0 Å². The number of allylic oxidation sites excluding steroid dienone is 3. The maximum Gasteiger partial charge on any atom is 0.0890 e. The molecule has 0 N–H and O–H groups in total. The number of benzene rings is 1. The molecule has 4 atom stereocenters. The highest BCUT2D eigenvalue weighted by Gasteiger charge is 2.40. The third-order valence-corrected chi connectivity index (χ3v) is 5.28. The molecular formula is C21H28O. The molecule has 1 nitrogen and oxygen atoms in total. The maximum atomic E-state index is 6.30. The second kappa shape index (κ2) is 6.83. The molecule has 0 radical (unpaired) electrons. The fourth-order valence-corrected chi connectivity index (χ4v) is 3.95. The lowest BCUT2D eigenvalue weighted by atomic mass is 9.67. The molecule has 0 spiro atoms. The zero-order valence-corrected chi connectivity index (χ0v) is 14.1. The van der Waals surface area contributed by atoms with Gasteiger partial charge in [-0.15, -0.1) is 0 Å². The molecule has 2 fully saturated rings. The first-order chi connectivity index (χ1) is 10.6. The van der Waals surface area contributed by atoms with Crippen molar-refractivity contribution in [2.75, 3.05) is 6.61 Å². The molecule has 1 saturated carbocycles. The van der Waals surface area contributed by atoms with Crippen LogP contribution < -0.4 is 0 Å². The summed E-state index contributed by atoms with van der Waals surface area (Å²) in [5.74, 6) is 2.07.